The lowest BCUT2D eigenvalue weighted by molar-refractivity contribution is -0.121. The summed E-state index contributed by atoms with van der Waals surface area (Å²) < 4.78 is 0. The van der Waals surface area contributed by atoms with Crippen molar-refractivity contribution in [3.8, 4) is 0 Å². The van der Waals surface area contributed by atoms with Crippen LogP contribution < -0.4 is 5.32 Å². The van der Waals surface area contributed by atoms with Crippen LogP contribution >= 0.6 is 0 Å². The fourth-order valence-corrected chi connectivity index (χ4v) is 2.18. The highest BCUT2D eigenvalue weighted by Gasteiger charge is 2.24. The van der Waals surface area contributed by atoms with E-state index in [-0.39, 0.29) is 6.04 Å². The molecule has 1 aromatic rings. The molecule has 1 aliphatic heterocycles. The summed E-state index contributed by atoms with van der Waals surface area (Å²) in [7, 11) is 0. The number of Topliss-reactive ketones (excluding diaryl/α,β-unsaturated/α-hetero) is 1. The van der Waals surface area contributed by atoms with Gasteiger partial charge in [0.2, 0.25) is 0 Å². The molecule has 2 rings (SSSR count). The summed E-state index contributed by atoms with van der Waals surface area (Å²) >= 11 is 0. The quantitative estimate of drug-likeness (QED) is 0.816. The number of carbonyl (C=O) groups is 1. The van der Waals surface area contributed by atoms with Crippen LogP contribution in [0.15, 0.2) is 24.3 Å². The van der Waals surface area contributed by atoms with E-state index in [9.17, 15) is 4.79 Å². The summed E-state index contributed by atoms with van der Waals surface area (Å²) in [5.74, 6) is 0.324. The van der Waals surface area contributed by atoms with Gasteiger partial charge in [-0.15, -0.1) is 0 Å². The lowest BCUT2D eigenvalue weighted by Crippen LogP contribution is -2.34. The van der Waals surface area contributed by atoms with Crippen molar-refractivity contribution in [2.24, 2.45) is 0 Å². The molecule has 0 amide bonds. The molecule has 2 nitrogen and oxygen atoms in total. The molecule has 0 saturated heterocycles. The van der Waals surface area contributed by atoms with Gasteiger partial charge in [0.05, 0.1) is 6.04 Å². The molecule has 1 aromatic carbocycles. The Morgan fingerprint density at radius 3 is 3.07 bits per heavy atom. The highest BCUT2D eigenvalue weighted by molar-refractivity contribution is 5.85. The van der Waals surface area contributed by atoms with Crippen molar-refractivity contribution < 1.29 is 4.79 Å². The number of nitrogens with one attached hydrogen (secondary N) is 1. The SMILES string of the molecule is CCCC(=O)C1NCCc2ccccc21. The third kappa shape index (κ3) is 2.10. The predicted octanol–water partition coefficient (Wildman–Crippen LogP) is 2.24. The van der Waals surface area contributed by atoms with E-state index >= 15 is 0 Å². The standard InChI is InChI=1S/C13H17NO/c1-2-5-12(15)13-11-7-4-3-6-10(11)8-9-14-13/h3-4,6-7,13-14H,2,5,8-9H2,1H3. The van der Waals surface area contributed by atoms with Crippen LogP contribution in [0.2, 0.25) is 0 Å². The van der Waals surface area contributed by atoms with Crippen molar-refractivity contribution >= 4 is 5.78 Å². The maximum absolute atomic E-state index is 11.9. The number of ketones is 1. The largest absolute Gasteiger partial charge is 0.303 e. The predicted molar refractivity (Wildman–Crippen MR) is 60.8 cm³/mol. The van der Waals surface area contributed by atoms with E-state index < -0.39 is 0 Å². The van der Waals surface area contributed by atoms with Crippen LogP contribution in [0.25, 0.3) is 0 Å². The van der Waals surface area contributed by atoms with E-state index in [2.05, 4.69) is 17.4 Å². The first-order valence-corrected chi connectivity index (χ1v) is 5.67. The smallest absolute Gasteiger partial charge is 0.154 e. The fraction of sp³-hybridized carbons (Fsp3) is 0.462. The molecule has 1 aliphatic rings. The van der Waals surface area contributed by atoms with Crippen LogP contribution in [0.3, 0.4) is 0 Å². The van der Waals surface area contributed by atoms with Crippen molar-refractivity contribution in [1.29, 1.82) is 0 Å². The Bertz CT molecular complexity index is 359. The van der Waals surface area contributed by atoms with Gasteiger partial charge in [0.15, 0.2) is 5.78 Å². The van der Waals surface area contributed by atoms with E-state index in [1.165, 1.54) is 11.1 Å². The van der Waals surface area contributed by atoms with Crippen LogP contribution in [0.5, 0.6) is 0 Å². The average molecular weight is 203 g/mol. The number of rotatable bonds is 3. The molecule has 0 aliphatic carbocycles. The number of benzene rings is 1. The van der Waals surface area contributed by atoms with E-state index in [0.29, 0.717) is 12.2 Å². The van der Waals surface area contributed by atoms with Gasteiger partial charge >= 0.3 is 0 Å². The summed E-state index contributed by atoms with van der Waals surface area (Å²) in [6.45, 7) is 2.96. The Hall–Kier alpha value is -1.15. The molecule has 80 valence electrons. The minimum Gasteiger partial charge on any atom is -0.303 e. The third-order valence-electron chi connectivity index (χ3n) is 2.93. The summed E-state index contributed by atoms with van der Waals surface area (Å²) in [6.07, 6.45) is 2.64. The Morgan fingerprint density at radius 1 is 1.47 bits per heavy atom. The number of hydrogen-bond donors (Lipinski definition) is 1. The Balaban J connectivity index is 2.25. The molecule has 0 saturated carbocycles. The van der Waals surface area contributed by atoms with Crippen LogP contribution in [0.1, 0.15) is 36.9 Å². The highest BCUT2D eigenvalue weighted by atomic mass is 16.1. The second kappa shape index (κ2) is 4.58. The van der Waals surface area contributed by atoms with Crippen molar-refractivity contribution in [3.63, 3.8) is 0 Å². The molecule has 1 unspecified atom stereocenters. The van der Waals surface area contributed by atoms with Gasteiger partial charge in [0.1, 0.15) is 0 Å². The Kier molecular flexibility index (Phi) is 3.17. The molecular formula is C13H17NO. The number of fused-ring (bicyclic) bond motifs is 1. The first kappa shape index (κ1) is 10.4. The normalized spacial score (nSPS) is 19.7. The zero-order valence-corrected chi connectivity index (χ0v) is 9.12. The zero-order chi connectivity index (χ0) is 10.7. The first-order chi connectivity index (χ1) is 7.33. The third-order valence-corrected chi connectivity index (χ3v) is 2.93. The van der Waals surface area contributed by atoms with E-state index in [4.69, 9.17) is 0 Å². The minimum atomic E-state index is -0.0603. The van der Waals surface area contributed by atoms with Crippen LogP contribution in [-0.2, 0) is 11.2 Å². The van der Waals surface area contributed by atoms with E-state index in [0.717, 1.165) is 19.4 Å². The van der Waals surface area contributed by atoms with Gasteiger partial charge in [0, 0.05) is 13.0 Å². The van der Waals surface area contributed by atoms with Crippen molar-refractivity contribution in [1.82, 2.24) is 5.32 Å². The van der Waals surface area contributed by atoms with Crippen molar-refractivity contribution in [2.45, 2.75) is 32.2 Å². The van der Waals surface area contributed by atoms with Gasteiger partial charge in [-0.3, -0.25) is 4.79 Å². The topological polar surface area (TPSA) is 29.1 Å². The second-order valence-electron chi connectivity index (χ2n) is 4.05. The second-order valence-corrected chi connectivity index (χ2v) is 4.05. The average Bonchev–Trinajstić information content (AvgIpc) is 2.28. The molecule has 0 bridgehead atoms. The molecule has 0 fully saturated rings. The van der Waals surface area contributed by atoms with Crippen molar-refractivity contribution in [3.05, 3.63) is 35.4 Å². The van der Waals surface area contributed by atoms with Gasteiger partial charge < -0.3 is 5.32 Å². The first-order valence-electron chi connectivity index (χ1n) is 5.67. The maximum atomic E-state index is 11.9. The number of carbonyl (C=O) groups excluding carboxylic acids is 1. The fourth-order valence-electron chi connectivity index (χ4n) is 2.18. The molecule has 2 heteroatoms. The van der Waals surface area contributed by atoms with E-state index in [1.54, 1.807) is 0 Å². The van der Waals surface area contributed by atoms with Gasteiger partial charge in [0.25, 0.3) is 0 Å². The molecule has 1 atom stereocenters. The molecule has 1 heterocycles. The zero-order valence-electron chi connectivity index (χ0n) is 9.12. The lowest BCUT2D eigenvalue weighted by Gasteiger charge is -2.25. The highest BCUT2D eigenvalue weighted by Crippen LogP contribution is 2.24. The molecule has 0 spiro atoms. The molecule has 1 N–H and O–H groups in total. The summed E-state index contributed by atoms with van der Waals surface area (Å²) in [5, 5.41) is 3.31. The molecule has 0 radical (unpaired) electrons. The van der Waals surface area contributed by atoms with Crippen LogP contribution in [-0.4, -0.2) is 12.3 Å². The number of hydrogen-bond acceptors (Lipinski definition) is 2. The molecule has 15 heavy (non-hydrogen) atoms. The van der Waals surface area contributed by atoms with Gasteiger partial charge in [-0.1, -0.05) is 31.2 Å². The van der Waals surface area contributed by atoms with Crippen LogP contribution in [0, 0.1) is 0 Å². The van der Waals surface area contributed by atoms with Gasteiger partial charge in [-0.2, -0.15) is 0 Å². The monoisotopic (exact) mass is 203 g/mol. The lowest BCUT2D eigenvalue weighted by atomic mass is 9.91. The summed E-state index contributed by atoms with van der Waals surface area (Å²) in [5.41, 5.74) is 2.51. The van der Waals surface area contributed by atoms with E-state index in [1.807, 2.05) is 19.1 Å². The van der Waals surface area contributed by atoms with Gasteiger partial charge in [-0.05, 0) is 24.0 Å². The van der Waals surface area contributed by atoms with Crippen LogP contribution in [0.4, 0.5) is 0 Å². The minimum absolute atomic E-state index is 0.0603. The molecular weight excluding hydrogens is 186 g/mol. The van der Waals surface area contributed by atoms with Gasteiger partial charge in [-0.25, -0.2) is 0 Å². The summed E-state index contributed by atoms with van der Waals surface area (Å²) in [4.78, 5) is 11.9. The maximum Gasteiger partial charge on any atom is 0.154 e. The molecule has 0 aromatic heterocycles. The Morgan fingerprint density at radius 2 is 2.27 bits per heavy atom. The Labute approximate surface area is 90.7 Å². The summed E-state index contributed by atoms with van der Waals surface area (Å²) in [6, 6.07) is 8.20. The van der Waals surface area contributed by atoms with Crippen molar-refractivity contribution in [2.75, 3.05) is 6.54 Å².